The molecule has 102 valence electrons. The molecule has 0 bridgehead atoms. The topological polar surface area (TPSA) is 43.3 Å². The van der Waals surface area contributed by atoms with Gasteiger partial charge in [-0.1, -0.05) is 6.92 Å². The van der Waals surface area contributed by atoms with Crippen LogP contribution in [0.2, 0.25) is 0 Å². The van der Waals surface area contributed by atoms with Gasteiger partial charge in [0.15, 0.2) is 0 Å². The van der Waals surface area contributed by atoms with Crippen LogP contribution in [-0.4, -0.2) is 24.1 Å². The van der Waals surface area contributed by atoms with Gasteiger partial charge >= 0.3 is 0 Å². The fourth-order valence-corrected chi connectivity index (χ4v) is 2.12. The molecule has 19 heavy (non-hydrogen) atoms. The Kier molecular flexibility index (Phi) is 4.44. The van der Waals surface area contributed by atoms with Crippen LogP contribution >= 0.6 is 0 Å². The van der Waals surface area contributed by atoms with Crippen molar-refractivity contribution in [2.75, 3.05) is 13.7 Å². The number of carbonyl (C=O) groups is 1. The van der Waals surface area contributed by atoms with Crippen LogP contribution in [0.15, 0.2) is 30.5 Å². The van der Waals surface area contributed by atoms with Gasteiger partial charge in [0.05, 0.1) is 12.6 Å². The first-order valence-electron chi connectivity index (χ1n) is 6.64. The Labute approximate surface area is 113 Å². The summed E-state index contributed by atoms with van der Waals surface area (Å²) in [5, 5.41) is 4.11. The van der Waals surface area contributed by atoms with Crippen molar-refractivity contribution in [1.82, 2.24) is 9.88 Å². The fraction of sp³-hybridized carbons (Fsp3) is 0.400. The zero-order valence-corrected chi connectivity index (χ0v) is 11.5. The van der Waals surface area contributed by atoms with Crippen LogP contribution in [-0.2, 0) is 11.3 Å². The molecule has 1 amide bonds. The van der Waals surface area contributed by atoms with E-state index < -0.39 is 0 Å². The lowest BCUT2D eigenvalue weighted by molar-refractivity contribution is -0.121. The third-order valence-electron chi connectivity index (χ3n) is 3.13. The van der Waals surface area contributed by atoms with Crippen molar-refractivity contribution in [1.29, 1.82) is 0 Å². The maximum absolute atomic E-state index is 11.4. The first kappa shape index (κ1) is 13.5. The summed E-state index contributed by atoms with van der Waals surface area (Å²) in [6.07, 6.45) is 3.52. The maximum atomic E-state index is 11.4. The normalized spacial score (nSPS) is 10.6. The van der Waals surface area contributed by atoms with E-state index in [1.54, 1.807) is 7.11 Å². The van der Waals surface area contributed by atoms with Gasteiger partial charge in [0.25, 0.3) is 0 Å². The number of aromatic nitrogens is 1. The standard InChI is InChI=1S/C15H20N2O2/c1-3-4-15(18)16-8-10-17-9-7-12-5-6-13(19-2)11-14(12)17/h5-7,9,11H,3-4,8,10H2,1-2H3,(H,16,18). The number of ether oxygens (including phenoxy) is 1. The number of fused-ring (bicyclic) bond motifs is 1. The van der Waals surface area contributed by atoms with E-state index in [2.05, 4.69) is 16.0 Å². The van der Waals surface area contributed by atoms with Gasteiger partial charge in [0, 0.05) is 31.8 Å². The monoisotopic (exact) mass is 260 g/mol. The largest absolute Gasteiger partial charge is 0.497 e. The van der Waals surface area contributed by atoms with Crippen molar-refractivity contribution in [2.24, 2.45) is 0 Å². The summed E-state index contributed by atoms with van der Waals surface area (Å²) in [5.74, 6) is 0.971. The zero-order chi connectivity index (χ0) is 13.7. The number of nitrogens with zero attached hydrogens (tertiary/aromatic N) is 1. The van der Waals surface area contributed by atoms with Crippen molar-refractivity contribution >= 4 is 16.8 Å². The Morgan fingerprint density at radius 2 is 2.21 bits per heavy atom. The summed E-state index contributed by atoms with van der Waals surface area (Å²) < 4.78 is 7.37. The molecule has 4 heteroatoms. The van der Waals surface area contributed by atoms with Crippen LogP contribution in [0, 0.1) is 0 Å². The Balaban J connectivity index is 2.02. The van der Waals surface area contributed by atoms with Crippen LogP contribution in [0.4, 0.5) is 0 Å². The first-order chi connectivity index (χ1) is 9.24. The summed E-state index contributed by atoms with van der Waals surface area (Å²) in [5.41, 5.74) is 1.13. The van der Waals surface area contributed by atoms with E-state index in [0.717, 1.165) is 24.2 Å². The Bertz CT molecular complexity index is 560. The average molecular weight is 260 g/mol. The van der Waals surface area contributed by atoms with Gasteiger partial charge in [-0.05, 0) is 30.0 Å². The molecule has 1 aromatic carbocycles. The van der Waals surface area contributed by atoms with E-state index in [9.17, 15) is 4.79 Å². The van der Waals surface area contributed by atoms with Crippen LogP contribution in [0.3, 0.4) is 0 Å². The quantitative estimate of drug-likeness (QED) is 0.867. The third kappa shape index (κ3) is 3.28. The van der Waals surface area contributed by atoms with Crippen LogP contribution in [0.25, 0.3) is 10.9 Å². The lowest BCUT2D eigenvalue weighted by Gasteiger charge is -2.08. The van der Waals surface area contributed by atoms with E-state index in [1.165, 1.54) is 5.39 Å². The van der Waals surface area contributed by atoms with Gasteiger partial charge < -0.3 is 14.6 Å². The summed E-state index contributed by atoms with van der Waals surface area (Å²) >= 11 is 0. The van der Waals surface area contributed by atoms with Crippen LogP contribution < -0.4 is 10.1 Å². The van der Waals surface area contributed by atoms with E-state index in [4.69, 9.17) is 4.74 Å². The molecule has 2 rings (SSSR count). The molecule has 0 unspecified atom stereocenters. The molecule has 0 radical (unpaired) electrons. The minimum absolute atomic E-state index is 0.122. The van der Waals surface area contributed by atoms with Gasteiger partial charge in [0.1, 0.15) is 5.75 Å². The van der Waals surface area contributed by atoms with E-state index in [-0.39, 0.29) is 5.91 Å². The SMILES string of the molecule is CCCC(=O)NCCn1ccc2ccc(OC)cc21. The lowest BCUT2D eigenvalue weighted by Crippen LogP contribution is -2.26. The number of methoxy groups -OCH3 is 1. The Hall–Kier alpha value is -1.97. The highest BCUT2D eigenvalue weighted by molar-refractivity contribution is 5.81. The molecule has 1 heterocycles. The number of nitrogens with one attached hydrogen (secondary N) is 1. The predicted molar refractivity (Wildman–Crippen MR) is 76.4 cm³/mol. The van der Waals surface area contributed by atoms with Gasteiger partial charge in [-0.15, -0.1) is 0 Å². The molecule has 0 saturated carbocycles. The second kappa shape index (κ2) is 6.27. The van der Waals surface area contributed by atoms with Crippen LogP contribution in [0.5, 0.6) is 5.75 Å². The van der Waals surface area contributed by atoms with Crippen molar-refractivity contribution in [3.8, 4) is 5.75 Å². The zero-order valence-electron chi connectivity index (χ0n) is 11.5. The average Bonchev–Trinajstić information content (AvgIpc) is 2.81. The highest BCUT2D eigenvalue weighted by Gasteiger charge is 2.03. The molecule has 1 N–H and O–H groups in total. The number of carbonyl (C=O) groups excluding carboxylic acids is 1. The van der Waals surface area contributed by atoms with Crippen molar-refractivity contribution in [3.05, 3.63) is 30.5 Å². The van der Waals surface area contributed by atoms with Gasteiger partial charge in [-0.25, -0.2) is 0 Å². The highest BCUT2D eigenvalue weighted by Crippen LogP contribution is 2.21. The molecule has 0 saturated heterocycles. The Morgan fingerprint density at radius 3 is 2.95 bits per heavy atom. The van der Waals surface area contributed by atoms with E-state index in [0.29, 0.717) is 13.0 Å². The Morgan fingerprint density at radius 1 is 1.37 bits per heavy atom. The molecule has 0 fully saturated rings. The van der Waals surface area contributed by atoms with Crippen molar-refractivity contribution < 1.29 is 9.53 Å². The maximum Gasteiger partial charge on any atom is 0.220 e. The summed E-state index contributed by atoms with van der Waals surface area (Å²) in [7, 11) is 1.67. The summed E-state index contributed by atoms with van der Waals surface area (Å²) in [6.45, 7) is 3.43. The number of rotatable bonds is 6. The van der Waals surface area contributed by atoms with Gasteiger partial charge in [-0.3, -0.25) is 4.79 Å². The molecular formula is C15H20N2O2. The molecule has 0 atom stereocenters. The molecule has 1 aromatic heterocycles. The molecule has 0 spiro atoms. The number of hydrogen-bond acceptors (Lipinski definition) is 2. The third-order valence-corrected chi connectivity index (χ3v) is 3.13. The predicted octanol–water partition coefficient (Wildman–Crippen LogP) is 2.57. The van der Waals surface area contributed by atoms with Crippen molar-refractivity contribution in [3.63, 3.8) is 0 Å². The molecule has 0 aliphatic carbocycles. The second-order valence-corrected chi connectivity index (χ2v) is 4.53. The van der Waals surface area contributed by atoms with E-state index >= 15 is 0 Å². The molecule has 0 aliphatic heterocycles. The molecular weight excluding hydrogens is 240 g/mol. The molecule has 0 aliphatic rings. The number of amides is 1. The van der Waals surface area contributed by atoms with Gasteiger partial charge in [-0.2, -0.15) is 0 Å². The molecule has 4 nitrogen and oxygen atoms in total. The van der Waals surface area contributed by atoms with E-state index in [1.807, 2.05) is 31.3 Å². The van der Waals surface area contributed by atoms with Crippen LogP contribution in [0.1, 0.15) is 19.8 Å². The summed E-state index contributed by atoms with van der Waals surface area (Å²) in [6, 6.07) is 8.09. The minimum atomic E-state index is 0.122. The smallest absolute Gasteiger partial charge is 0.220 e. The second-order valence-electron chi connectivity index (χ2n) is 4.53. The lowest BCUT2D eigenvalue weighted by atomic mass is 10.2. The summed E-state index contributed by atoms with van der Waals surface area (Å²) in [4.78, 5) is 11.4. The number of benzene rings is 1. The molecule has 2 aromatic rings. The van der Waals surface area contributed by atoms with Crippen molar-refractivity contribution in [2.45, 2.75) is 26.3 Å². The van der Waals surface area contributed by atoms with Gasteiger partial charge in [0.2, 0.25) is 5.91 Å². The first-order valence-corrected chi connectivity index (χ1v) is 6.64. The minimum Gasteiger partial charge on any atom is -0.497 e. The fourth-order valence-electron chi connectivity index (χ4n) is 2.12. The highest BCUT2D eigenvalue weighted by atomic mass is 16.5. The number of hydrogen-bond donors (Lipinski definition) is 1.